The Morgan fingerprint density at radius 3 is 2.72 bits per heavy atom. The van der Waals surface area contributed by atoms with Crippen LogP contribution in [-0.2, 0) is 4.79 Å². The Balaban J connectivity index is 2.57. The van der Waals surface area contributed by atoms with E-state index in [9.17, 15) is 4.79 Å². The average Bonchev–Trinajstić information content (AvgIpc) is 2.23. The summed E-state index contributed by atoms with van der Waals surface area (Å²) in [5, 5.41) is 2.93. The molecular weight excluding hydrogens is 226 g/mol. The Morgan fingerprint density at radius 1 is 1.44 bits per heavy atom. The first-order valence-electron chi connectivity index (χ1n) is 6.20. The first-order chi connectivity index (χ1) is 8.40. The third kappa shape index (κ3) is 4.47. The van der Waals surface area contributed by atoms with Crippen molar-refractivity contribution in [2.45, 2.75) is 26.8 Å². The maximum absolute atomic E-state index is 11.9. The first-order valence-corrected chi connectivity index (χ1v) is 6.20. The molecule has 0 bridgehead atoms. The van der Waals surface area contributed by atoms with E-state index in [0.717, 1.165) is 11.3 Å². The van der Waals surface area contributed by atoms with Crippen molar-refractivity contribution in [3.8, 4) is 0 Å². The second-order valence-corrected chi connectivity index (χ2v) is 4.97. The van der Waals surface area contributed by atoms with Crippen molar-refractivity contribution in [3.05, 3.63) is 29.3 Å². The molecule has 0 fully saturated rings. The van der Waals surface area contributed by atoms with Gasteiger partial charge in [-0.2, -0.15) is 0 Å². The summed E-state index contributed by atoms with van der Waals surface area (Å²) in [5.74, 6) is -0.00755. The van der Waals surface area contributed by atoms with Crippen molar-refractivity contribution in [2.75, 3.05) is 25.5 Å². The van der Waals surface area contributed by atoms with Crippen molar-refractivity contribution in [3.63, 3.8) is 0 Å². The minimum Gasteiger partial charge on any atom is -0.327 e. The summed E-state index contributed by atoms with van der Waals surface area (Å²) in [6.07, 6.45) is 0. The maximum Gasteiger partial charge on any atom is 0.238 e. The van der Waals surface area contributed by atoms with E-state index < -0.39 is 0 Å². The molecule has 1 atom stereocenters. The fraction of sp³-hybridized carbons (Fsp3) is 0.500. The van der Waals surface area contributed by atoms with Crippen LogP contribution in [0.2, 0.25) is 0 Å². The number of nitrogens with zero attached hydrogens (tertiary/aromatic N) is 1. The molecule has 0 saturated heterocycles. The maximum atomic E-state index is 11.9. The predicted octanol–water partition coefficient (Wildman–Crippen LogP) is 1.52. The highest BCUT2D eigenvalue weighted by Gasteiger charge is 2.09. The van der Waals surface area contributed by atoms with Crippen molar-refractivity contribution in [1.29, 1.82) is 0 Å². The number of nitrogens with two attached hydrogens (primary N) is 1. The van der Waals surface area contributed by atoms with E-state index in [1.54, 1.807) is 0 Å². The van der Waals surface area contributed by atoms with Gasteiger partial charge in [0.05, 0.1) is 6.54 Å². The molecule has 0 aliphatic carbocycles. The Labute approximate surface area is 109 Å². The molecule has 1 aromatic carbocycles. The number of benzene rings is 1. The molecule has 1 unspecified atom stereocenters. The Bertz CT molecular complexity index is 416. The lowest BCUT2D eigenvalue weighted by Gasteiger charge is -2.18. The van der Waals surface area contributed by atoms with Crippen LogP contribution in [0.25, 0.3) is 0 Å². The zero-order valence-corrected chi connectivity index (χ0v) is 11.7. The van der Waals surface area contributed by atoms with Crippen LogP contribution in [0, 0.1) is 13.8 Å². The van der Waals surface area contributed by atoms with Crippen LogP contribution in [0.1, 0.15) is 18.1 Å². The molecule has 4 heteroatoms. The van der Waals surface area contributed by atoms with E-state index in [0.29, 0.717) is 13.1 Å². The molecule has 0 radical (unpaired) electrons. The molecular formula is C14H23N3O. The third-order valence-electron chi connectivity index (χ3n) is 2.89. The highest BCUT2D eigenvalue weighted by molar-refractivity contribution is 5.93. The van der Waals surface area contributed by atoms with Crippen molar-refractivity contribution < 1.29 is 4.79 Å². The highest BCUT2D eigenvalue weighted by Crippen LogP contribution is 2.17. The molecule has 0 aromatic heterocycles. The molecule has 0 aliphatic heterocycles. The molecule has 0 heterocycles. The molecule has 1 aromatic rings. The van der Waals surface area contributed by atoms with Gasteiger partial charge >= 0.3 is 0 Å². The number of nitrogens with one attached hydrogen (secondary N) is 1. The number of aryl methyl sites for hydroxylation is 1. The lowest BCUT2D eigenvalue weighted by molar-refractivity contribution is -0.117. The van der Waals surface area contributed by atoms with E-state index in [-0.39, 0.29) is 11.9 Å². The summed E-state index contributed by atoms with van der Waals surface area (Å²) < 4.78 is 0. The quantitative estimate of drug-likeness (QED) is 0.832. The zero-order chi connectivity index (χ0) is 13.7. The van der Waals surface area contributed by atoms with E-state index in [1.165, 1.54) is 5.56 Å². The summed E-state index contributed by atoms with van der Waals surface area (Å²) in [5.41, 5.74) is 8.87. The molecule has 1 amide bonds. The lowest BCUT2D eigenvalue weighted by atomic mass is 10.1. The van der Waals surface area contributed by atoms with Gasteiger partial charge in [0.2, 0.25) is 5.91 Å². The van der Waals surface area contributed by atoms with Gasteiger partial charge in [0.1, 0.15) is 0 Å². The van der Waals surface area contributed by atoms with Crippen LogP contribution in [0.3, 0.4) is 0 Å². The van der Waals surface area contributed by atoms with E-state index in [1.807, 2.05) is 50.9 Å². The summed E-state index contributed by atoms with van der Waals surface area (Å²) in [6.45, 7) is 7.04. The number of hydrogen-bond donors (Lipinski definition) is 2. The molecule has 4 nitrogen and oxygen atoms in total. The van der Waals surface area contributed by atoms with Crippen LogP contribution < -0.4 is 11.1 Å². The van der Waals surface area contributed by atoms with E-state index in [2.05, 4.69) is 5.32 Å². The number of amides is 1. The first kappa shape index (κ1) is 14.7. The summed E-state index contributed by atoms with van der Waals surface area (Å²) in [4.78, 5) is 13.8. The van der Waals surface area contributed by atoms with Crippen LogP contribution >= 0.6 is 0 Å². The van der Waals surface area contributed by atoms with Crippen LogP contribution in [-0.4, -0.2) is 37.0 Å². The van der Waals surface area contributed by atoms with Gasteiger partial charge in [-0.25, -0.2) is 0 Å². The minimum absolute atomic E-state index is 0.00755. The fourth-order valence-electron chi connectivity index (χ4n) is 1.88. The molecule has 0 saturated carbocycles. The van der Waals surface area contributed by atoms with Crippen LogP contribution in [0.4, 0.5) is 5.69 Å². The van der Waals surface area contributed by atoms with Gasteiger partial charge in [0, 0.05) is 18.3 Å². The fourth-order valence-corrected chi connectivity index (χ4v) is 1.88. The summed E-state index contributed by atoms with van der Waals surface area (Å²) in [7, 11) is 1.89. The number of carbonyl (C=O) groups is 1. The van der Waals surface area contributed by atoms with Crippen molar-refractivity contribution in [2.24, 2.45) is 5.73 Å². The number of likely N-dealkylation sites (N-methyl/N-ethyl adjacent to an activating group) is 1. The van der Waals surface area contributed by atoms with Gasteiger partial charge in [-0.1, -0.05) is 12.1 Å². The molecule has 3 N–H and O–H groups in total. The molecule has 0 spiro atoms. The highest BCUT2D eigenvalue weighted by atomic mass is 16.2. The Hall–Kier alpha value is -1.39. The topological polar surface area (TPSA) is 58.4 Å². The minimum atomic E-state index is -0.00755. The average molecular weight is 249 g/mol. The largest absolute Gasteiger partial charge is 0.327 e. The molecule has 18 heavy (non-hydrogen) atoms. The van der Waals surface area contributed by atoms with Gasteiger partial charge in [-0.3, -0.25) is 9.69 Å². The van der Waals surface area contributed by atoms with Crippen LogP contribution in [0.5, 0.6) is 0 Å². The normalized spacial score (nSPS) is 12.6. The smallest absolute Gasteiger partial charge is 0.238 e. The Kier molecular flexibility index (Phi) is 5.31. The predicted molar refractivity (Wildman–Crippen MR) is 75.7 cm³/mol. The zero-order valence-electron chi connectivity index (χ0n) is 11.7. The number of hydrogen-bond acceptors (Lipinski definition) is 3. The monoisotopic (exact) mass is 249 g/mol. The van der Waals surface area contributed by atoms with Gasteiger partial charge in [0.15, 0.2) is 0 Å². The van der Waals surface area contributed by atoms with Crippen molar-refractivity contribution in [1.82, 2.24) is 4.90 Å². The van der Waals surface area contributed by atoms with Crippen molar-refractivity contribution >= 4 is 11.6 Å². The van der Waals surface area contributed by atoms with Crippen LogP contribution in [0.15, 0.2) is 18.2 Å². The summed E-state index contributed by atoms with van der Waals surface area (Å²) in [6, 6.07) is 5.98. The molecule has 1 rings (SSSR count). The Morgan fingerprint density at radius 2 is 2.11 bits per heavy atom. The third-order valence-corrected chi connectivity index (χ3v) is 2.89. The van der Waals surface area contributed by atoms with E-state index >= 15 is 0 Å². The van der Waals surface area contributed by atoms with Gasteiger partial charge in [-0.05, 0) is 45.0 Å². The van der Waals surface area contributed by atoms with Gasteiger partial charge < -0.3 is 11.1 Å². The number of rotatable bonds is 5. The summed E-state index contributed by atoms with van der Waals surface area (Å²) >= 11 is 0. The standard InChI is InChI=1S/C14H23N3O/c1-10-6-5-7-13(12(10)3)16-14(18)9-17(4)8-11(2)15/h5-7,11H,8-9,15H2,1-4H3,(H,16,18). The number of anilines is 1. The molecule has 100 valence electrons. The second kappa shape index (κ2) is 6.52. The number of carbonyl (C=O) groups excluding carboxylic acids is 1. The van der Waals surface area contributed by atoms with Gasteiger partial charge in [-0.15, -0.1) is 0 Å². The lowest BCUT2D eigenvalue weighted by Crippen LogP contribution is -2.37. The second-order valence-electron chi connectivity index (χ2n) is 4.97. The molecule has 0 aliphatic rings. The van der Waals surface area contributed by atoms with E-state index in [4.69, 9.17) is 5.73 Å². The van der Waals surface area contributed by atoms with Gasteiger partial charge in [0.25, 0.3) is 0 Å². The SMILES string of the molecule is Cc1cccc(NC(=O)CN(C)CC(C)N)c1C.